The molecule has 0 aliphatic carbocycles. The molecule has 0 spiro atoms. The van der Waals surface area contributed by atoms with Crippen molar-refractivity contribution in [3.63, 3.8) is 0 Å². The van der Waals surface area contributed by atoms with Crippen LogP contribution < -0.4 is 11.5 Å². The number of anilines is 2. The monoisotopic (exact) mass is 384 g/mol. The van der Waals surface area contributed by atoms with Crippen LogP contribution in [-0.2, 0) is 12.8 Å². The molecule has 148 valence electrons. The van der Waals surface area contributed by atoms with Gasteiger partial charge in [0.15, 0.2) is 0 Å². The highest BCUT2D eigenvalue weighted by Gasteiger charge is 1.99. The fourth-order valence-electron chi connectivity index (χ4n) is 3.37. The molecule has 0 saturated heterocycles. The highest BCUT2D eigenvalue weighted by Crippen LogP contribution is 2.17. The number of para-hydroxylation sites is 2. The molecule has 0 fully saturated rings. The van der Waals surface area contributed by atoms with Crippen molar-refractivity contribution in [1.29, 1.82) is 0 Å². The maximum Gasteiger partial charge on any atom is 0.0346 e. The largest absolute Gasteiger partial charge is 0.399 e. The van der Waals surface area contributed by atoms with Crippen LogP contribution in [-0.4, -0.2) is 11.5 Å². The second kappa shape index (κ2) is 13.5. The lowest BCUT2D eigenvalue weighted by atomic mass is 10.0. The molecule has 2 nitrogen and oxygen atoms in total. The van der Waals surface area contributed by atoms with E-state index in [1.165, 1.54) is 74.0 Å². The molecule has 0 radical (unpaired) electrons. The molecule has 4 N–H and O–H groups in total. The predicted octanol–water partition coefficient (Wildman–Crippen LogP) is 6.49. The lowest BCUT2D eigenvalue weighted by Crippen LogP contribution is -1.94. The molecule has 0 saturated carbocycles. The van der Waals surface area contributed by atoms with Crippen LogP contribution in [0.25, 0.3) is 0 Å². The number of thioether (sulfide) groups is 1. The molecular formula is C24H36N2S. The molecule has 3 heteroatoms. The Kier molecular flexibility index (Phi) is 10.9. The molecule has 27 heavy (non-hydrogen) atoms. The summed E-state index contributed by atoms with van der Waals surface area (Å²) in [6.45, 7) is 0. The minimum Gasteiger partial charge on any atom is -0.399 e. The van der Waals surface area contributed by atoms with E-state index in [0.29, 0.717) is 0 Å². The van der Waals surface area contributed by atoms with Crippen molar-refractivity contribution in [2.75, 3.05) is 23.0 Å². The Hall–Kier alpha value is -1.61. The Labute approximate surface area is 170 Å². The Balaban J connectivity index is 1.35. The zero-order valence-corrected chi connectivity index (χ0v) is 17.5. The molecule has 0 aliphatic rings. The van der Waals surface area contributed by atoms with Crippen molar-refractivity contribution in [3.05, 3.63) is 59.7 Å². The molecule has 2 aromatic carbocycles. The van der Waals surface area contributed by atoms with Gasteiger partial charge < -0.3 is 11.5 Å². The van der Waals surface area contributed by atoms with Crippen molar-refractivity contribution in [2.45, 2.75) is 64.2 Å². The van der Waals surface area contributed by atoms with Gasteiger partial charge in [0.25, 0.3) is 0 Å². The maximum absolute atomic E-state index is 5.99. The van der Waals surface area contributed by atoms with E-state index in [1.54, 1.807) is 0 Å². The van der Waals surface area contributed by atoms with Gasteiger partial charge in [-0.25, -0.2) is 0 Å². The van der Waals surface area contributed by atoms with Crippen molar-refractivity contribution in [2.24, 2.45) is 0 Å². The number of aryl methyl sites for hydroxylation is 2. The Bertz CT molecular complexity index is 586. The van der Waals surface area contributed by atoms with Gasteiger partial charge in [0, 0.05) is 11.4 Å². The predicted molar refractivity (Wildman–Crippen MR) is 123 cm³/mol. The number of rotatable bonds is 14. The van der Waals surface area contributed by atoms with E-state index in [0.717, 1.165) is 24.2 Å². The lowest BCUT2D eigenvalue weighted by molar-refractivity contribution is 0.666. The van der Waals surface area contributed by atoms with E-state index in [1.807, 2.05) is 24.3 Å². The van der Waals surface area contributed by atoms with Crippen molar-refractivity contribution in [3.8, 4) is 0 Å². The lowest BCUT2D eigenvalue weighted by Gasteiger charge is -2.06. The van der Waals surface area contributed by atoms with Crippen LogP contribution >= 0.6 is 11.8 Å². The van der Waals surface area contributed by atoms with Gasteiger partial charge in [-0.3, -0.25) is 0 Å². The summed E-state index contributed by atoms with van der Waals surface area (Å²) in [5.74, 6) is 2.63. The van der Waals surface area contributed by atoms with Crippen LogP contribution in [0.1, 0.15) is 62.5 Å². The summed E-state index contributed by atoms with van der Waals surface area (Å²) in [6, 6.07) is 16.5. The van der Waals surface area contributed by atoms with Crippen molar-refractivity contribution >= 4 is 23.1 Å². The van der Waals surface area contributed by atoms with E-state index < -0.39 is 0 Å². The van der Waals surface area contributed by atoms with Gasteiger partial charge in [-0.05, 0) is 73.3 Å². The zero-order valence-electron chi connectivity index (χ0n) is 16.7. The number of hydrogen-bond acceptors (Lipinski definition) is 3. The SMILES string of the molecule is Nc1ccccc1CCCCCCSCCCCCCc1ccccc1N. The molecule has 0 unspecified atom stereocenters. The molecule has 0 atom stereocenters. The van der Waals surface area contributed by atoms with Crippen LogP contribution in [0.4, 0.5) is 11.4 Å². The third-order valence-electron chi connectivity index (χ3n) is 5.08. The summed E-state index contributed by atoms with van der Waals surface area (Å²) < 4.78 is 0. The number of unbranched alkanes of at least 4 members (excludes halogenated alkanes) is 6. The van der Waals surface area contributed by atoms with Crippen LogP contribution in [0.2, 0.25) is 0 Å². The van der Waals surface area contributed by atoms with Gasteiger partial charge in [0.05, 0.1) is 0 Å². The highest BCUT2D eigenvalue weighted by molar-refractivity contribution is 7.99. The molecule has 0 amide bonds. The average Bonchev–Trinajstić information content (AvgIpc) is 2.68. The molecular weight excluding hydrogens is 348 g/mol. The fraction of sp³-hybridized carbons (Fsp3) is 0.500. The Morgan fingerprint density at radius 2 is 0.926 bits per heavy atom. The second-order valence-electron chi connectivity index (χ2n) is 7.34. The summed E-state index contributed by atoms with van der Waals surface area (Å²) in [5.41, 5.74) is 16.5. The summed E-state index contributed by atoms with van der Waals surface area (Å²) >= 11 is 2.13. The molecule has 0 heterocycles. The minimum atomic E-state index is 0.945. The van der Waals surface area contributed by atoms with E-state index >= 15 is 0 Å². The van der Waals surface area contributed by atoms with E-state index in [4.69, 9.17) is 11.5 Å². The summed E-state index contributed by atoms with van der Waals surface area (Å²) in [5, 5.41) is 0. The first-order valence-electron chi connectivity index (χ1n) is 10.5. The first-order chi connectivity index (χ1) is 13.3. The van der Waals surface area contributed by atoms with Crippen LogP contribution in [0, 0.1) is 0 Å². The Morgan fingerprint density at radius 1 is 0.519 bits per heavy atom. The second-order valence-corrected chi connectivity index (χ2v) is 8.56. The van der Waals surface area contributed by atoms with Gasteiger partial charge in [0.2, 0.25) is 0 Å². The van der Waals surface area contributed by atoms with Gasteiger partial charge in [-0.2, -0.15) is 11.8 Å². The molecule has 0 aliphatic heterocycles. The average molecular weight is 385 g/mol. The first-order valence-corrected chi connectivity index (χ1v) is 11.7. The highest BCUT2D eigenvalue weighted by atomic mass is 32.2. The van der Waals surface area contributed by atoms with E-state index in [9.17, 15) is 0 Å². The smallest absolute Gasteiger partial charge is 0.0346 e. The fourth-order valence-corrected chi connectivity index (χ4v) is 4.39. The standard InChI is InChI=1S/C24H36N2S/c25-23-17-9-7-15-21(23)13-5-1-3-11-19-27-20-12-4-2-6-14-22-16-8-10-18-24(22)26/h7-10,15-18H,1-6,11-14,19-20,25-26H2. The number of nitrogen functional groups attached to an aromatic ring is 2. The molecule has 2 aromatic rings. The van der Waals surface area contributed by atoms with E-state index in [-0.39, 0.29) is 0 Å². The zero-order chi connectivity index (χ0) is 19.2. The van der Waals surface area contributed by atoms with Crippen LogP contribution in [0.3, 0.4) is 0 Å². The first kappa shape index (κ1) is 21.7. The third kappa shape index (κ3) is 9.23. The van der Waals surface area contributed by atoms with Crippen molar-refractivity contribution < 1.29 is 0 Å². The van der Waals surface area contributed by atoms with E-state index in [2.05, 4.69) is 36.0 Å². The summed E-state index contributed by atoms with van der Waals surface area (Å²) in [4.78, 5) is 0. The maximum atomic E-state index is 5.99. The normalized spacial score (nSPS) is 11.0. The molecule has 0 aromatic heterocycles. The van der Waals surface area contributed by atoms with Gasteiger partial charge in [-0.15, -0.1) is 0 Å². The molecule has 2 rings (SSSR count). The number of nitrogens with two attached hydrogens (primary N) is 2. The van der Waals surface area contributed by atoms with Crippen LogP contribution in [0.15, 0.2) is 48.5 Å². The summed E-state index contributed by atoms with van der Waals surface area (Å²) in [6.07, 6.45) is 12.8. The van der Waals surface area contributed by atoms with Gasteiger partial charge >= 0.3 is 0 Å². The third-order valence-corrected chi connectivity index (χ3v) is 6.23. The van der Waals surface area contributed by atoms with Gasteiger partial charge in [-0.1, -0.05) is 62.1 Å². The van der Waals surface area contributed by atoms with Gasteiger partial charge in [0.1, 0.15) is 0 Å². The summed E-state index contributed by atoms with van der Waals surface area (Å²) in [7, 11) is 0. The van der Waals surface area contributed by atoms with Crippen molar-refractivity contribution in [1.82, 2.24) is 0 Å². The minimum absolute atomic E-state index is 0.945. The number of benzene rings is 2. The van der Waals surface area contributed by atoms with Crippen LogP contribution in [0.5, 0.6) is 0 Å². The quantitative estimate of drug-likeness (QED) is 0.289. The number of hydrogen-bond donors (Lipinski definition) is 2. The molecule has 0 bridgehead atoms. The Morgan fingerprint density at radius 3 is 1.37 bits per heavy atom. The topological polar surface area (TPSA) is 52.0 Å².